The third-order valence-electron chi connectivity index (χ3n) is 3.63. The van der Waals surface area contributed by atoms with Gasteiger partial charge in [-0.3, -0.25) is 4.99 Å². The lowest BCUT2D eigenvalue weighted by Crippen LogP contribution is -2.38. The van der Waals surface area contributed by atoms with E-state index in [9.17, 15) is 4.39 Å². The third-order valence-corrected chi connectivity index (χ3v) is 4.37. The smallest absolute Gasteiger partial charge is 0.178 e. The molecule has 0 saturated heterocycles. The molecular formula is C13H12BCl2FN4. The van der Waals surface area contributed by atoms with Crippen LogP contribution in [0.25, 0.3) is 0 Å². The summed E-state index contributed by atoms with van der Waals surface area (Å²) in [5.41, 5.74) is 6.51. The zero-order chi connectivity index (χ0) is 15.4. The molecule has 0 bridgehead atoms. The zero-order valence-electron chi connectivity index (χ0n) is 11.5. The van der Waals surface area contributed by atoms with Crippen molar-refractivity contribution in [2.24, 2.45) is 10.7 Å². The lowest BCUT2D eigenvalue weighted by atomic mass is 9.85. The summed E-state index contributed by atoms with van der Waals surface area (Å²) in [6.45, 7) is 2.13. The minimum Gasteiger partial charge on any atom is -0.381 e. The van der Waals surface area contributed by atoms with Crippen LogP contribution in [0.3, 0.4) is 0 Å². The summed E-state index contributed by atoms with van der Waals surface area (Å²) in [7, 11) is 1.90. The standard InChI is InChI=1S/C13H12BCl2FN4/c1-13(7-4-6(14)2-3-8(7)17)5-21-10(16)9(15)19-12(21)11(18)20-13/h2-4H,5,14H2,1H3,(H2,18,20). The van der Waals surface area contributed by atoms with Crippen LogP contribution in [0.1, 0.15) is 18.3 Å². The van der Waals surface area contributed by atoms with Gasteiger partial charge in [0.05, 0.1) is 6.54 Å². The van der Waals surface area contributed by atoms with Crippen molar-refractivity contribution in [3.63, 3.8) is 0 Å². The van der Waals surface area contributed by atoms with Crippen molar-refractivity contribution in [3.8, 4) is 0 Å². The second-order valence-electron chi connectivity index (χ2n) is 5.36. The molecule has 3 rings (SSSR count). The average molecular weight is 325 g/mol. The predicted molar refractivity (Wildman–Crippen MR) is 84.9 cm³/mol. The molecule has 0 fully saturated rings. The highest BCUT2D eigenvalue weighted by Gasteiger charge is 2.36. The lowest BCUT2D eigenvalue weighted by Gasteiger charge is -2.32. The van der Waals surface area contributed by atoms with Crippen molar-refractivity contribution in [1.29, 1.82) is 0 Å². The molecule has 21 heavy (non-hydrogen) atoms. The molecule has 1 aliphatic heterocycles. The van der Waals surface area contributed by atoms with E-state index in [0.29, 0.717) is 17.9 Å². The summed E-state index contributed by atoms with van der Waals surface area (Å²) < 4.78 is 15.9. The summed E-state index contributed by atoms with van der Waals surface area (Å²) in [6.07, 6.45) is 0. The highest BCUT2D eigenvalue weighted by molar-refractivity contribution is 6.41. The van der Waals surface area contributed by atoms with Crippen LogP contribution in [0.15, 0.2) is 23.2 Å². The molecule has 0 radical (unpaired) electrons. The first-order valence-electron chi connectivity index (χ1n) is 6.36. The Hall–Kier alpha value is -1.53. The van der Waals surface area contributed by atoms with Gasteiger partial charge in [0.1, 0.15) is 24.4 Å². The summed E-state index contributed by atoms with van der Waals surface area (Å²) >= 11 is 12.1. The number of nitrogens with two attached hydrogens (primary N) is 1. The Kier molecular flexibility index (Phi) is 3.26. The highest BCUT2D eigenvalue weighted by atomic mass is 35.5. The first-order chi connectivity index (χ1) is 9.82. The maximum Gasteiger partial charge on any atom is 0.178 e. The van der Waals surface area contributed by atoms with Gasteiger partial charge in [0, 0.05) is 5.56 Å². The van der Waals surface area contributed by atoms with E-state index in [-0.39, 0.29) is 22.0 Å². The van der Waals surface area contributed by atoms with E-state index in [0.717, 1.165) is 5.46 Å². The van der Waals surface area contributed by atoms with Gasteiger partial charge in [0.15, 0.2) is 16.8 Å². The van der Waals surface area contributed by atoms with Crippen molar-refractivity contribution >= 4 is 42.3 Å². The molecule has 1 aromatic carbocycles. The molecular weight excluding hydrogens is 313 g/mol. The number of hydrogen-bond donors (Lipinski definition) is 1. The van der Waals surface area contributed by atoms with Gasteiger partial charge in [-0.25, -0.2) is 9.37 Å². The Labute approximate surface area is 132 Å². The van der Waals surface area contributed by atoms with E-state index in [1.807, 2.05) is 14.8 Å². The van der Waals surface area contributed by atoms with Crippen LogP contribution in [0.5, 0.6) is 0 Å². The first kappa shape index (κ1) is 14.4. The molecule has 1 atom stereocenters. The summed E-state index contributed by atoms with van der Waals surface area (Å²) in [4.78, 5) is 8.51. The Balaban J connectivity index is 2.18. The predicted octanol–water partition coefficient (Wildman–Crippen LogP) is 1.22. The van der Waals surface area contributed by atoms with Crippen molar-refractivity contribution in [2.45, 2.75) is 19.0 Å². The molecule has 0 amide bonds. The summed E-state index contributed by atoms with van der Waals surface area (Å²) in [5, 5.41) is 0.447. The topological polar surface area (TPSA) is 56.2 Å². The Morgan fingerprint density at radius 3 is 2.86 bits per heavy atom. The number of benzene rings is 1. The van der Waals surface area contributed by atoms with E-state index in [1.54, 1.807) is 16.7 Å². The number of halogens is 3. The van der Waals surface area contributed by atoms with Gasteiger partial charge < -0.3 is 10.3 Å². The molecule has 108 valence electrons. The monoisotopic (exact) mass is 324 g/mol. The first-order valence-corrected chi connectivity index (χ1v) is 7.11. The average Bonchev–Trinajstić information content (AvgIpc) is 2.70. The van der Waals surface area contributed by atoms with Crippen LogP contribution < -0.4 is 11.2 Å². The number of fused-ring (bicyclic) bond motifs is 1. The molecule has 1 unspecified atom stereocenters. The number of rotatable bonds is 1. The Bertz CT molecular complexity index is 774. The Morgan fingerprint density at radius 1 is 1.43 bits per heavy atom. The number of nitrogens with zero attached hydrogens (tertiary/aromatic N) is 3. The highest BCUT2D eigenvalue weighted by Crippen LogP contribution is 2.36. The van der Waals surface area contributed by atoms with Crippen molar-refractivity contribution in [2.75, 3.05) is 0 Å². The van der Waals surface area contributed by atoms with E-state index in [1.165, 1.54) is 6.07 Å². The minimum absolute atomic E-state index is 0.166. The van der Waals surface area contributed by atoms with Gasteiger partial charge >= 0.3 is 0 Å². The summed E-state index contributed by atoms with van der Waals surface area (Å²) in [5.74, 6) is 0.277. The number of hydrogen-bond acceptors (Lipinski definition) is 3. The van der Waals surface area contributed by atoms with Gasteiger partial charge in [-0.1, -0.05) is 40.8 Å². The van der Waals surface area contributed by atoms with Crippen LogP contribution in [0.2, 0.25) is 10.3 Å². The molecule has 2 heterocycles. The fourth-order valence-corrected chi connectivity index (χ4v) is 2.96. The van der Waals surface area contributed by atoms with Crippen LogP contribution in [-0.4, -0.2) is 23.2 Å². The van der Waals surface area contributed by atoms with Crippen molar-refractivity contribution in [1.82, 2.24) is 9.55 Å². The minimum atomic E-state index is -0.860. The molecule has 0 aliphatic carbocycles. The van der Waals surface area contributed by atoms with Crippen LogP contribution in [-0.2, 0) is 12.1 Å². The lowest BCUT2D eigenvalue weighted by molar-refractivity contribution is 0.384. The van der Waals surface area contributed by atoms with E-state index in [2.05, 4.69) is 9.98 Å². The molecule has 0 saturated carbocycles. The number of aliphatic imine (C=N–C) groups is 1. The zero-order valence-corrected chi connectivity index (χ0v) is 13.0. The van der Waals surface area contributed by atoms with E-state index < -0.39 is 5.54 Å². The second kappa shape index (κ2) is 4.75. The molecule has 2 aromatic rings. The number of imidazole rings is 1. The maximum absolute atomic E-state index is 14.2. The SMILES string of the molecule is Bc1ccc(F)c(C2(C)Cn3c(nc(Cl)c3Cl)C(N)=N2)c1. The number of amidine groups is 1. The molecule has 1 aromatic heterocycles. The maximum atomic E-state index is 14.2. The number of aromatic nitrogens is 2. The molecule has 4 nitrogen and oxygen atoms in total. The quantitative estimate of drug-likeness (QED) is 0.802. The van der Waals surface area contributed by atoms with E-state index >= 15 is 0 Å². The fourth-order valence-electron chi connectivity index (χ4n) is 2.60. The third kappa shape index (κ3) is 2.22. The van der Waals surface area contributed by atoms with Gasteiger partial charge in [0.2, 0.25) is 0 Å². The largest absolute Gasteiger partial charge is 0.381 e. The molecule has 2 N–H and O–H groups in total. The van der Waals surface area contributed by atoms with Crippen LogP contribution in [0, 0.1) is 5.82 Å². The fraction of sp³-hybridized carbons (Fsp3) is 0.231. The van der Waals surface area contributed by atoms with Crippen LogP contribution in [0.4, 0.5) is 4.39 Å². The second-order valence-corrected chi connectivity index (χ2v) is 6.07. The Morgan fingerprint density at radius 2 is 2.14 bits per heavy atom. The van der Waals surface area contributed by atoms with Gasteiger partial charge in [-0.15, -0.1) is 0 Å². The molecule has 0 spiro atoms. The van der Waals surface area contributed by atoms with Gasteiger partial charge in [-0.2, -0.15) is 0 Å². The molecule has 8 heteroatoms. The van der Waals surface area contributed by atoms with Crippen LogP contribution >= 0.6 is 23.2 Å². The van der Waals surface area contributed by atoms with Crippen molar-refractivity contribution in [3.05, 3.63) is 45.7 Å². The van der Waals surface area contributed by atoms with Gasteiger partial charge in [0.25, 0.3) is 0 Å². The summed E-state index contributed by atoms with van der Waals surface area (Å²) in [6, 6.07) is 4.91. The molecule has 1 aliphatic rings. The normalized spacial score (nSPS) is 21.0. The van der Waals surface area contributed by atoms with Crippen molar-refractivity contribution < 1.29 is 4.39 Å². The van der Waals surface area contributed by atoms with Gasteiger partial charge in [-0.05, 0) is 13.0 Å². The van der Waals surface area contributed by atoms with E-state index in [4.69, 9.17) is 28.9 Å².